The molecule has 1 heterocycles. The number of nitrogens with one attached hydrogen (secondary N) is 2. The van der Waals surface area contributed by atoms with Crippen molar-refractivity contribution >= 4 is 47.3 Å². The summed E-state index contributed by atoms with van der Waals surface area (Å²) in [6.45, 7) is 2.10. The van der Waals surface area contributed by atoms with Crippen LogP contribution in [0.15, 0.2) is 36.4 Å². The number of carbonyl (C=O) groups excluding carboxylic acids is 5. The zero-order chi connectivity index (χ0) is 41.4. The summed E-state index contributed by atoms with van der Waals surface area (Å²) in [6, 6.07) is 3.52. The van der Waals surface area contributed by atoms with Gasteiger partial charge in [0.2, 0.25) is 0 Å². The number of carboxylic acid groups (broad SMARTS) is 1. The second-order valence-electron chi connectivity index (χ2n) is 11.0. The zero-order valence-electron chi connectivity index (χ0n) is 30.2. The Morgan fingerprint density at radius 2 is 1.05 bits per heavy atom. The maximum absolute atomic E-state index is 12.0. The summed E-state index contributed by atoms with van der Waals surface area (Å²) in [7, 11) is 5.38. The Morgan fingerprint density at radius 1 is 0.691 bits per heavy atom. The predicted octanol–water partition coefficient (Wildman–Crippen LogP) is 2.70. The molecule has 3 N–H and O–H groups in total. The minimum absolute atomic E-state index is 0.0587. The Balaban J connectivity index is 0.000000393. The summed E-state index contributed by atoms with van der Waals surface area (Å²) in [5.41, 5.74) is -0.461. The molecule has 2 atom stereocenters. The average molecular weight is 780 g/mol. The van der Waals surface area contributed by atoms with E-state index >= 15 is 0 Å². The molecule has 1 aliphatic heterocycles. The summed E-state index contributed by atoms with van der Waals surface area (Å²) < 4.78 is 30.0. The van der Waals surface area contributed by atoms with E-state index in [9.17, 15) is 49.0 Å². The molecule has 2 unspecified atom stereocenters. The quantitative estimate of drug-likeness (QED) is 0.118. The van der Waals surface area contributed by atoms with Crippen LogP contribution in [0.2, 0.25) is 0 Å². The third kappa shape index (κ3) is 13.4. The lowest BCUT2D eigenvalue weighted by molar-refractivity contribution is -0.386. The standard InChI is InChI=1S/C18H19N3O10.C14H18N2O8/c1-10(6-17(24)31-20-15(22)4-5-16(20)23)19-18(25)30-9-11-7-13(28-2)14(29-3)8-12(11)21(26)27;1-8(4-13(17)18)15-14(19)24-7-9-5-11(22-2)12(23-3)6-10(9)16(20)21/h4-5,7-8,10H,6,9H2,1-3H3,(H,19,25);5-6,8H,4,7H2,1-3H3,(H,15,19)(H,17,18). The number of carbonyl (C=O) groups is 6. The van der Waals surface area contributed by atoms with Crippen LogP contribution in [-0.2, 0) is 46.7 Å². The Labute approximate surface area is 311 Å². The fraction of sp³-hybridized carbons (Fsp3) is 0.375. The molecule has 0 aromatic heterocycles. The fourth-order valence-electron chi connectivity index (χ4n) is 4.39. The summed E-state index contributed by atoms with van der Waals surface area (Å²) in [5.74, 6) is -2.82. The molecule has 0 aliphatic carbocycles. The molecule has 0 spiro atoms. The van der Waals surface area contributed by atoms with Gasteiger partial charge in [0, 0.05) is 24.2 Å². The molecule has 298 valence electrons. The van der Waals surface area contributed by atoms with Crippen LogP contribution in [0.4, 0.5) is 21.0 Å². The Bertz CT molecular complexity index is 1810. The lowest BCUT2D eigenvalue weighted by Crippen LogP contribution is -2.38. The van der Waals surface area contributed by atoms with Crippen LogP contribution in [0.1, 0.15) is 37.8 Å². The molecule has 23 heteroatoms. The van der Waals surface area contributed by atoms with Gasteiger partial charge in [0.25, 0.3) is 23.2 Å². The van der Waals surface area contributed by atoms with Crippen molar-refractivity contribution < 1.29 is 77.0 Å². The predicted molar refractivity (Wildman–Crippen MR) is 182 cm³/mol. The van der Waals surface area contributed by atoms with Gasteiger partial charge in [-0.2, -0.15) is 0 Å². The number of nitrogens with zero attached hydrogens (tertiary/aromatic N) is 3. The minimum Gasteiger partial charge on any atom is -0.493 e. The highest BCUT2D eigenvalue weighted by atomic mass is 16.7. The van der Waals surface area contributed by atoms with Gasteiger partial charge < -0.3 is 49.0 Å². The number of aliphatic carboxylic acids is 1. The normalized spacial score (nSPS) is 12.6. The van der Waals surface area contributed by atoms with Gasteiger partial charge in [-0.15, -0.1) is 0 Å². The molecule has 1 aliphatic rings. The lowest BCUT2D eigenvalue weighted by atomic mass is 10.1. The molecule has 0 radical (unpaired) electrons. The summed E-state index contributed by atoms with van der Waals surface area (Å²) >= 11 is 0. The Morgan fingerprint density at radius 3 is 1.40 bits per heavy atom. The number of rotatable bonds is 17. The van der Waals surface area contributed by atoms with Gasteiger partial charge in [0.15, 0.2) is 23.0 Å². The lowest BCUT2D eigenvalue weighted by Gasteiger charge is -2.16. The molecule has 2 aromatic carbocycles. The number of alkyl carbamates (subject to hydrolysis) is 2. The van der Waals surface area contributed by atoms with Crippen LogP contribution in [0, 0.1) is 20.2 Å². The summed E-state index contributed by atoms with van der Waals surface area (Å²) in [6.07, 6.45) is -0.592. The van der Waals surface area contributed by atoms with Crippen LogP contribution in [0.3, 0.4) is 0 Å². The van der Waals surface area contributed by atoms with Crippen LogP contribution >= 0.6 is 0 Å². The fourth-order valence-corrected chi connectivity index (χ4v) is 4.39. The van der Waals surface area contributed by atoms with E-state index < -0.39 is 64.5 Å². The van der Waals surface area contributed by atoms with Gasteiger partial charge in [-0.3, -0.25) is 34.6 Å². The van der Waals surface area contributed by atoms with E-state index in [-0.39, 0.29) is 64.9 Å². The van der Waals surface area contributed by atoms with Crippen molar-refractivity contribution in [2.45, 2.75) is 52.0 Å². The van der Waals surface area contributed by atoms with E-state index in [1.54, 1.807) is 0 Å². The molecule has 55 heavy (non-hydrogen) atoms. The van der Waals surface area contributed by atoms with Gasteiger partial charge in [-0.25, -0.2) is 14.4 Å². The zero-order valence-corrected chi connectivity index (χ0v) is 30.2. The smallest absolute Gasteiger partial charge is 0.407 e. The summed E-state index contributed by atoms with van der Waals surface area (Å²) in [5, 5.41) is 35.9. The number of nitro benzene ring substituents is 2. The molecule has 2 aromatic rings. The van der Waals surface area contributed by atoms with E-state index in [1.165, 1.54) is 60.5 Å². The van der Waals surface area contributed by atoms with Crippen LogP contribution in [0.5, 0.6) is 23.0 Å². The van der Waals surface area contributed by atoms with Crippen molar-refractivity contribution in [3.63, 3.8) is 0 Å². The van der Waals surface area contributed by atoms with Crippen molar-refractivity contribution in [3.05, 3.63) is 67.8 Å². The number of nitro groups is 2. The first-order valence-electron chi connectivity index (χ1n) is 15.6. The first-order valence-corrected chi connectivity index (χ1v) is 15.6. The van der Waals surface area contributed by atoms with E-state index in [0.717, 1.165) is 18.2 Å². The highest BCUT2D eigenvalue weighted by Crippen LogP contribution is 2.36. The number of ether oxygens (including phenoxy) is 6. The van der Waals surface area contributed by atoms with Crippen molar-refractivity contribution in [2.75, 3.05) is 28.4 Å². The van der Waals surface area contributed by atoms with Gasteiger partial charge in [0.1, 0.15) is 13.2 Å². The Kier molecular flexibility index (Phi) is 16.6. The monoisotopic (exact) mass is 779 g/mol. The maximum atomic E-state index is 12.0. The highest BCUT2D eigenvalue weighted by Gasteiger charge is 2.29. The third-order valence-corrected chi connectivity index (χ3v) is 6.92. The van der Waals surface area contributed by atoms with Crippen molar-refractivity contribution in [1.29, 1.82) is 0 Å². The molecule has 3 rings (SSSR count). The molecule has 4 amide bonds. The molecule has 0 saturated carbocycles. The largest absolute Gasteiger partial charge is 0.493 e. The van der Waals surface area contributed by atoms with Gasteiger partial charge in [-0.05, 0) is 26.0 Å². The van der Waals surface area contributed by atoms with Gasteiger partial charge >= 0.3 is 24.1 Å². The Hall–Kier alpha value is -7.20. The van der Waals surface area contributed by atoms with Crippen LogP contribution in [0.25, 0.3) is 0 Å². The maximum Gasteiger partial charge on any atom is 0.407 e. The SMILES string of the molecule is COc1cc(COC(=O)NC(C)CC(=O)O)c([N+](=O)[O-])cc1OC.COc1cc(COC(=O)NC(C)CC(=O)ON2C(=O)C=CC2=O)c([N+](=O)[O-])cc1OC. The first-order chi connectivity index (χ1) is 25.9. The number of imide groups is 1. The van der Waals surface area contributed by atoms with E-state index in [1.807, 2.05) is 0 Å². The minimum atomic E-state index is -1.07. The average Bonchev–Trinajstić information content (AvgIpc) is 3.43. The molecule has 0 fully saturated rings. The number of hydrogen-bond acceptors (Lipinski definition) is 17. The number of methoxy groups -OCH3 is 4. The van der Waals surface area contributed by atoms with Crippen molar-refractivity contribution in [1.82, 2.24) is 15.7 Å². The van der Waals surface area contributed by atoms with Gasteiger partial charge in [0.05, 0.1) is 74.4 Å². The highest BCUT2D eigenvalue weighted by molar-refractivity contribution is 6.12. The van der Waals surface area contributed by atoms with E-state index in [2.05, 4.69) is 15.5 Å². The molecular formula is C32H37N5O18. The first kappa shape index (κ1) is 44.0. The topological polar surface area (TPSA) is 301 Å². The molecule has 0 bridgehead atoms. The summed E-state index contributed by atoms with van der Waals surface area (Å²) in [4.78, 5) is 94.4. The van der Waals surface area contributed by atoms with Crippen LogP contribution < -0.4 is 29.6 Å². The van der Waals surface area contributed by atoms with Crippen molar-refractivity contribution in [3.8, 4) is 23.0 Å². The number of benzene rings is 2. The molecule has 23 nitrogen and oxygen atoms in total. The number of hydrogen-bond donors (Lipinski definition) is 3. The second-order valence-corrected chi connectivity index (χ2v) is 11.0. The van der Waals surface area contributed by atoms with Crippen molar-refractivity contribution in [2.24, 2.45) is 0 Å². The third-order valence-electron chi connectivity index (χ3n) is 6.92. The van der Waals surface area contributed by atoms with Gasteiger partial charge in [-0.1, -0.05) is 5.06 Å². The molecular weight excluding hydrogens is 742 g/mol. The molecule has 0 saturated heterocycles. The number of amides is 4. The van der Waals surface area contributed by atoms with Crippen LogP contribution in [-0.4, -0.2) is 96.5 Å². The number of hydroxylamine groups is 2. The van der Waals surface area contributed by atoms with E-state index in [4.69, 9.17) is 33.5 Å². The second kappa shape index (κ2) is 20.7. The number of carboxylic acids is 1. The van der Waals surface area contributed by atoms with E-state index in [0.29, 0.717) is 5.06 Å².